The molecular formula is C23H29N3O3S. The Kier molecular flexibility index (Phi) is 6.51. The van der Waals surface area contributed by atoms with Gasteiger partial charge in [-0.05, 0) is 49.4 Å². The van der Waals surface area contributed by atoms with Crippen molar-refractivity contribution < 1.29 is 13.2 Å². The average molecular weight is 428 g/mol. The van der Waals surface area contributed by atoms with Gasteiger partial charge in [-0.3, -0.25) is 9.69 Å². The van der Waals surface area contributed by atoms with E-state index in [0.29, 0.717) is 18.7 Å². The maximum atomic E-state index is 12.8. The lowest BCUT2D eigenvalue weighted by Crippen LogP contribution is -2.44. The minimum atomic E-state index is -3.52. The Balaban J connectivity index is 1.33. The number of piperidine rings is 1. The molecule has 2 saturated heterocycles. The molecule has 2 heterocycles. The highest BCUT2D eigenvalue weighted by molar-refractivity contribution is 7.89. The first-order chi connectivity index (χ1) is 14.5. The molecular weight excluding hydrogens is 398 g/mol. The van der Waals surface area contributed by atoms with Gasteiger partial charge in [0.15, 0.2) is 0 Å². The van der Waals surface area contributed by atoms with E-state index in [0.717, 1.165) is 45.3 Å². The number of benzene rings is 2. The number of amides is 1. The molecule has 0 atom stereocenters. The van der Waals surface area contributed by atoms with Crippen LogP contribution in [0.15, 0.2) is 59.5 Å². The van der Waals surface area contributed by atoms with Crippen LogP contribution in [0.2, 0.25) is 0 Å². The molecule has 0 aliphatic carbocycles. The Morgan fingerprint density at radius 3 is 2.33 bits per heavy atom. The topological polar surface area (TPSA) is 69.7 Å². The summed E-state index contributed by atoms with van der Waals surface area (Å²) < 4.78 is 27.1. The van der Waals surface area contributed by atoms with Gasteiger partial charge in [0, 0.05) is 44.3 Å². The summed E-state index contributed by atoms with van der Waals surface area (Å²) in [7, 11) is -3.52. The Bertz CT molecular complexity index is 964. The third kappa shape index (κ3) is 4.91. The zero-order valence-corrected chi connectivity index (χ0v) is 18.0. The first-order valence-electron chi connectivity index (χ1n) is 10.7. The maximum absolute atomic E-state index is 12.8. The summed E-state index contributed by atoms with van der Waals surface area (Å²) in [6.45, 7) is 3.91. The van der Waals surface area contributed by atoms with Gasteiger partial charge in [0.1, 0.15) is 0 Å². The van der Waals surface area contributed by atoms with Crippen LogP contribution < -0.4 is 5.32 Å². The van der Waals surface area contributed by atoms with Crippen molar-refractivity contribution in [3.05, 3.63) is 65.7 Å². The molecule has 7 heteroatoms. The number of hydrogen-bond acceptors (Lipinski definition) is 4. The summed E-state index contributed by atoms with van der Waals surface area (Å²) in [5, 5.41) is 3.09. The van der Waals surface area contributed by atoms with Crippen molar-refractivity contribution >= 4 is 15.9 Å². The van der Waals surface area contributed by atoms with Crippen molar-refractivity contribution in [3.8, 4) is 0 Å². The number of sulfonamides is 1. The van der Waals surface area contributed by atoms with Crippen molar-refractivity contribution in [2.45, 2.75) is 43.2 Å². The summed E-state index contributed by atoms with van der Waals surface area (Å²) in [5.41, 5.74) is 1.71. The largest absolute Gasteiger partial charge is 0.349 e. The molecule has 2 aliphatic rings. The number of rotatable bonds is 6. The third-order valence-corrected chi connectivity index (χ3v) is 7.87. The highest BCUT2D eigenvalue weighted by atomic mass is 32.2. The first-order valence-corrected chi connectivity index (χ1v) is 12.1. The lowest BCUT2D eigenvalue weighted by atomic mass is 10.0. The van der Waals surface area contributed by atoms with E-state index < -0.39 is 10.0 Å². The van der Waals surface area contributed by atoms with Crippen LogP contribution in [0.1, 0.15) is 41.6 Å². The van der Waals surface area contributed by atoms with Gasteiger partial charge in [0.25, 0.3) is 5.91 Å². The van der Waals surface area contributed by atoms with Gasteiger partial charge in [-0.2, -0.15) is 4.31 Å². The molecule has 30 heavy (non-hydrogen) atoms. The first kappa shape index (κ1) is 21.0. The lowest BCUT2D eigenvalue weighted by Gasteiger charge is -2.32. The molecule has 2 aromatic rings. The van der Waals surface area contributed by atoms with E-state index in [9.17, 15) is 13.2 Å². The van der Waals surface area contributed by atoms with Crippen LogP contribution in [-0.2, 0) is 16.6 Å². The second kappa shape index (κ2) is 9.29. The van der Waals surface area contributed by atoms with Crippen molar-refractivity contribution in [1.29, 1.82) is 0 Å². The predicted molar refractivity (Wildman–Crippen MR) is 117 cm³/mol. The number of hydrogen-bond donors (Lipinski definition) is 1. The fourth-order valence-electron chi connectivity index (χ4n) is 4.22. The molecule has 2 aromatic carbocycles. The van der Waals surface area contributed by atoms with Crippen LogP contribution in [0.3, 0.4) is 0 Å². The van der Waals surface area contributed by atoms with Crippen molar-refractivity contribution in [3.63, 3.8) is 0 Å². The zero-order valence-electron chi connectivity index (χ0n) is 17.2. The van der Waals surface area contributed by atoms with Crippen molar-refractivity contribution in [2.24, 2.45) is 0 Å². The van der Waals surface area contributed by atoms with Crippen LogP contribution in [0.5, 0.6) is 0 Å². The molecule has 1 N–H and O–H groups in total. The minimum Gasteiger partial charge on any atom is -0.349 e. The molecule has 6 nitrogen and oxygen atoms in total. The van der Waals surface area contributed by atoms with Crippen LogP contribution in [-0.4, -0.2) is 55.8 Å². The van der Waals surface area contributed by atoms with Crippen LogP contribution >= 0.6 is 0 Å². The molecule has 0 unspecified atom stereocenters. The lowest BCUT2D eigenvalue weighted by molar-refractivity contribution is 0.0908. The minimum absolute atomic E-state index is 0.114. The number of carbonyl (C=O) groups excluding carboxylic acids is 1. The molecule has 4 rings (SSSR count). The van der Waals surface area contributed by atoms with Gasteiger partial charge in [-0.25, -0.2) is 8.42 Å². The summed E-state index contributed by atoms with van der Waals surface area (Å²) in [6, 6.07) is 16.9. The molecule has 0 saturated carbocycles. The highest BCUT2D eigenvalue weighted by Crippen LogP contribution is 2.22. The van der Waals surface area contributed by atoms with Gasteiger partial charge in [-0.15, -0.1) is 0 Å². The Morgan fingerprint density at radius 2 is 1.63 bits per heavy atom. The standard InChI is InChI=1S/C23H29N3O3S/c27-23(20-9-6-10-22(17-20)30(28,29)26-13-4-5-14-26)24-21-11-15-25(16-12-21)18-19-7-2-1-3-8-19/h1-3,6-10,17,21H,4-5,11-16,18H2,(H,24,27). The van der Waals surface area contributed by atoms with Gasteiger partial charge in [0.05, 0.1) is 4.90 Å². The van der Waals surface area contributed by atoms with Crippen LogP contribution in [0.25, 0.3) is 0 Å². The molecule has 0 bridgehead atoms. The maximum Gasteiger partial charge on any atom is 0.251 e. The van der Waals surface area contributed by atoms with Crippen molar-refractivity contribution in [1.82, 2.24) is 14.5 Å². The molecule has 2 aliphatic heterocycles. The normalized spacial score (nSPS) is 19.1. The molecule has 0 radical (unpaired) electrons. The molecule has 1 amide bonds. The fourth-order valence-corrected chi connectivity index (χ4v) is 5.78. The monoisotopic (exact) mass is 427 g/mol. The Morgan fingerprint density at radius 1 is 0.933 bits per heavy atom. The molecule has 0 aromatic heterocycles. The van der Waals surface area contributed by atoms with Gasteiger partial charge in [-0.1, -0.05) is 36.4 Å². The SMILES string of the molecule is O=C(NC1CCN(Cc2ccccc2)CC1)c1cccc(S(=O)(=O)N2CCCC2)c1. The summed E-state index contributed by atoms with van der Waals surface area (Å²) in [4.78, 5) is 15.4. The van der Waals surface area contributed by atoms with Gasteiger partial charge < -0.3 is 5.32 Å². The summed E-state index contributed by atoms with van der Waals surface area (Å²) >= 11 is 0. The van der Waals surface area contributed by atoms with E-state index in [2.05, 4.69) is 34.5 Å². The van der Waals surface area contributed by atoms with Crippen LogP contribution in [0, 0.1) is 0 Å². The van der Waals surface area contributed by atoms with E-state index in [1.54, 1.807) is 18.2 Å². The van der Waals surface area contributed by atoms with Gasteiger partial charge in [0.2, 0.25) is 10.0 Å². The number of nitrogens with one attached hydrogen (secondary N) is 1. The van der Waals surface area contributed by atoms with Crippen LogP contribution in [0.4, 0.5) is 0 Å². The second-order valence-electron chi connectivity index (χ2n) is 8.15. The Hall–Kier alpha value is -2.22. The fraction of sp³-hybridized carbons (Fsp3) is 0.435. The predicted octanol–water partition coefficient (Wildman–Crippen LogP) is 2.87. The average Bonchev–Trinajstić information content (AvgIpc) is 3.32. The van der Waals surface area contributed by atoms with E-state index in [-0.39, 0.29) is 16.8 Å². The zero-order chi connectivity index (χ0) is 21.0. The molecule has 2 fully saturated rings. The number of nitrogens with zero attached hydrogens (tertiary/aromatic N) is 2. The van der Waals surface area contributed by atoms with Crippen molar-refractivity contribution in [2.75, 3.05) is 26.2 Å². The highest BCUT2D eigenvalue weighted by Gasteiger charge is 2.28. The number of carbonyl (C=O) groups is 1. The second-order valence-corrected chi connectivity index (χ2v) is 10.1. The van der Waals surface area contributed by atoms with E-state index in [4.69, 9.17) is 0 Å². The van der Waals surface area contributed by atoms with E-state index >= 15 is 0 Å². The quantitative estimate of drug-likeness (QED) is 0.770. The third-order valence-electron chi connectivity index (χ3n) is 5.97. The summed E-state index contributed by atoms with van der Waals surface area (Å²) in [5.74, 6) is -0.199. The van der Waals surface area contributed by atoms with Gasteiger partial charge >= 0.3 is 0 Å². The van der Waals surface area contributed by atoms with E-state index in [1.807, 2.05) is 6.07 Å². The number of likely N-dealkylation sites (tertiary alicyclic amines) is 1. The summed E-state index contributed by atoms with van der Waals surface area (Å²) in [6.07, 6.45) is 3.57. The molecule has 160 valence electrons. The van der Waals surface area contributed by atoms with E-state index in [1.165, 1.54) is 15.9 Å². The molecule has 0 spiro atoms. The Labute approximate surface area is 178 Å². The smallest absolute Gasteiger partial charge is 0.251 e.